The molecule has 9 nitrogen and oxygen atoms in total. The van der Waals surface area contributed by atoms with E-state index in [1.807, 2.05) is 39.5 Å². The molecule has 1 N–H and O–H groups in total. The Bertz CT molecular complexity index is 769. The van der Waals surface area contributed by atoms with E-state index in [4.69, 9.17) is 4.74 Å². The quantitative estimate of drug-likeness (QED) is 0.609. The van der Waals surface area contributed by atoms with Gasteiger partial charge in [0.05, 0.1) is 0 Å². The number of carbonyl (C=O) groups is 4. The van der Waals surface area contributed by atoms with E-state index in [1.54, 1.807) is 4.90 Å². The molecule has 0 radical (unpaired) electrons. The van der Waals surface area contributed by atoms with Gasteiger partial charge in [-0.2, -0.15) is 0 Å². The minimum absolute atomic E-state index is 0.00599. The Kier molecular flexibility index (Phi) is 7.59. The van der Waals surface area contributed by atoms with Gasteiger partial charge in [-0.3, -0.25) is 14.5 Å². The molecule has 0 aromatic rings. The number of carbonyl (C=O) groups excluding carboxylic acids is 4. The number of rotatable bonds is 6. The predicted molar refractivity (Wildman–Crippen MR) is 123 cm³/mol. The lowest BCUT2D eigenvalue weighted by atomic mass is 9.96. The molecule has 33 heavy (non-hydrogen) atoms. The van der Waals surface area contributed by atoms with Gasteiger partial charge < -0.3 is 19.9 Å². The Hall–Kier alpha value is -2.32. The molecule has 1 atom stereocenters. The number of likely N-dealkylation sites (tertiary alicyclic amines) is 1. The summed E-state index contributed by atoms with van der Waals surface area (Å²) in [4.78, 5) is 55.5. The standard InChI is InChI=1S/C24H40N4O5/c1-17(2)28(22(32)33-23(3,4)5)16-18-9-8-13-26(15-18)19(29)10-14-27-20(30)24(25-21(27)31)11-6-7-12-24/h17-18H,6-16H2,1-5H3,(H,25,31). The van der Waals surface area contributed by atoms with Gasteiger partial charge >= 0.3 is 12.1 Å². The number of urea groups is 1. The van der Waals surface area contributed by atoms with Crippen LogP contribution in [0.4, 0.5) is 9.59 Å². The van der Waals surface area contributed by atoms with E-state index in [9.17, 15) is 19.2 Å². The Morgan fingerprint density at radius 2 is 1.85 bits per heavy atom. The molecule has 0 bridgehead atoms. The maximum absolute atomic E-state index is 12.9. The number of hydrogen-bond donors (Lipinski definition) is 1. The highest BCUT2D eigenvalue weighted by Gasteiger charge is 2.52. The SMILES string of the molecule is CC(C)N(CC1CCCN(C(=O)CCN2C(=O)NC3(CCCC3)C2=O)C1)C(=O)OC(C)(C)C. The van der Waals surface area contributed by atoms with E-state index in [2.05, 4.69) is 5.32 Å². The van der Waals surface area contributed by atoms with Gasteiger partial charge in [-0.25, -0.2) is 9.59 Å². The van der Waals surface area contributed by atoms with Crippen molar-refractivity contribution in [2.75, 3.05) is 26.2 Å². The number of imide groups is 1. The molecule has 3 rings (SSSR count). The van der Waals surface area contributed by atoms with E-state index in [1.165, 1.54) is 4.90 Å². The third kappa shape index (κ3) is 5.98. The van der Waals surface area contributed by atoms with Gasteiger partial charge in [0.2, 0.25) is 5.91 Å². The van der Waals surface area contributed by atoms with Gasteiger partial charge in [-0.1, -0.05) is 12.8 Å². The highest BCUT2D eigenvalue weighted by atomic mass is 16.6. The van der Waals surface area contributed by atoms with Gasteiger partial charge in [0.15, 0.2) is 0 Å². The monoisotopic (exact) mass is 464 g/mol. The topological polar surface area (TPSA) is 99.3 Å². The van der Waals surface area contributed by atoms with Crippen LogP contribution in [-0.2, 0) is 14.3 Å². The van der Waals surface area contributed by atoms with Gasteiger partial charge in [-0.15, -0.1) is 0 Å². The summed E-state index contributed by atoms with van der Waals surface area (Å²) in [5, 5.41) is 2.86. The Morgan fingerprint density at radius 3 is 2.45 bits per heavy atom. The number of nitrogens with zero attached hydrogens (tertiary/aromatic N) is 3. The number of nitrogens with one attached hydrogen (secondary N) is 1. The molecule has 1 unspecified atom stereocenters. The molecule has 2 aliphatic heterocycles. The average molecular weight is 465 g/mol. The first kappa shape index (κ1) is 25.3. The lowest BCUT2D eigenvalue weighted by Crippen LogP contribution is -2.48. The van der Waals surface area contributed by atoms with Crippen LogP contribution in [0, 0.1) is 5.92 Å². The molecule has 3 aliphatic rings. The minimum Gasteiger partial charge on any atom is -0.444 e. The zero-order valence-electron chi connectivity index (χ0n) is 20.8. The first-order valence-corrected chi connectivity index (χ1v) is 12.3. The molecule has 5 amide bonds. The van der Waals surface area contributed by atoms with Gasteiger partial charge in [-0.05, 0) is 66.2 Å². The van der Waals surface area contributed by atoms with Crippen LogP contribution >= 0.6 is 0 Å². The summed E-state index contributed by atoms with van der Waals surface area (Å²) in [5.74, 6) is -0.0728. The zero-order valence-corrected chi connectivity index (χ0v) is 20.8. The summed E-state index contributed by atoms with van der Waals surface area (Å²) >= 11 is 0. The summed E-state index contributed by atoms with van der Waals surface area (Å²) in [6, 6.07) is -0.385. The van der Waals surface area contributed by atoms with Crippen LogP contribution in [0.5, 0.6) is 0 Å². The van der Waals surface area contributed by atoms with Crippen LogP contribution in [0.25, 0.3) is 0 Å². The van der Waals surface area contributed by atoms with Gasteiger partial charge in [0.25, 0.3) is 5.91 Å². The van der Waals surface area contributed by atoms with Crippen LogP contribution in [-0.4, -0.2) is 82.0 Å². The molecule has 2 heterocycles. The summed E-state index contributed by atoms with van der Waals surface area (Å²) in [7, 11) is 0. The number of ether oxygens (including phenoxy) is 1. The summed E-state index contributed by atoms with van der Waals surface area (Å²) in [6.45, 7) is 11.4. The van der Waals surface area contributed by atoms with Crippen molar-refractivity contribution in [3.05, 3.63) is 0 Å². The predicted octanol–water partition coefficient (Wildman–Crippen LogP) is 3.13. The third-order valence-corrected chi connectivity index (χ3v) is 6.83. The summed E-state index contributed by atoms with van der Waals surface area (Å²) < 4.78 is 5.56. The van der Waals surface area contributed by atoms with Crippen molar-refractivity contribution in [2.45, 2.75) is 96.7 Å². The number of amides is 5. The van der Waals surface area contributed by atoms with Crippen molar-refractivity contribution in [1.29, 1.82) is 0 Å². The fraction of sp³-hybridized carbons (Fsp3) is 0.833. The second-order valence-corrected chi connectivity index (χ2v) is 11.0. The zero-order chi connectivity index (χ0) is 24.4. The van der Waals surface area contributed by atoms with Crippen molar-refractivity contribution in [2.24, 2.45) is 5.92 Å². The molecule has 2 saturated heterocycles. The Morgan fingerprint density at radius 1 is 1.18 bits per heavy atom. The van der Waals surface area contributed by atoms with E-state index in [0.717, 1.165) is 25.7 Å². The van der Waals surface area contributed by atoms with Gasteiger partial charge in [0.1, 0.15) is 11.1 Å². The van der Waals surface area contributed by atoms with E-state index in [-0.39, 0.29) is 48.9 Å². The number of hydrogen-bond acceptors (Lipinski definition) is 5. The fourth-order valence-corrected chi connectivity index (χ4v) is 5.10. The van der Waals surface area contributed by atoms with E-state index < -0.39 is 11.1 Å². The summed E-state index contributed by atoms with van der Waals surface area (Å²) in [5.41, 5.74) is -1.30. The normalized spacial score (nSPS) is 22.8. The lowest BCUT2D eigenvalue weighted by Gasteiger charge is -2.37. The molecular formula is C24H40N4O5. The van der Waals surface area contributed by atoms with Crippen molar-refractivity contribution >= 4 is 23.9 Å². The van der Waals surface area contributed by atoms with Crippen molar-refractivity contribution in [1.82, 2.24) is 20.0 Å². The van der Waals surface area contributed by atoms with Crippen LogP contribution < -0.4 is 5.32 Å². The highest BCUT2D eigenvalue weighted by Crippen LogP contribution is 2.35. The van der Waals surface area contributed by atoms with Gasteiger partial charge in [0, 0.05) is 38.6 Å². The molecule has 186 valence electrons. The van der Waals surface area contributed by atoms with E-state index in [0.29, 0.717) is 32.5 Å². The molecule has 0 aromatic carbocycles. The molecule has 1 aliphatic carbocycles. The molecule has 0 aromatic heterocycles. The maximum atomic E-state index is 12.9. The van der Waals surface area contributed by atoms with Crippen molar-refractivity contribution < 1.29 is 23.9 Å². The number of piperidine rings is 1. The Labute approximate surface area is 197 Å². The van der Waals surface area contributed by atoms with Crippen LogP contribution in [0.15, 0.2) is 0 Å². The largest absolute Gasteiger partial charge is 0.444 e. The summed E-state index contributed by atoms with van der Waals surface area (Å²) in [6.07, 6.45) is 4.82. The lowest BCUT2D eigenvalue weighted by molar-refractivity contribution is -0.134. The van der Waals surface area contributed by atoms with Crippen molar-refractivity contribution in [3.8, 4) is 0 Å². The molecule has 3 fully saturated rings. The second-order valence-electron chi connectivity index (χ2n) is 11.0. The fourth-order valence-electron chi connectivity index (χ4n) is 5.10. The van der Waals surface area contributed by atoms with Crippen LogP contribution in [0.2, 0.25) is 0 Å². The molecular weight excluding hydrogens is 424 g/mol. The average Bonchev–Trinajstić information content (AvgIpc) is 3.28. The molecule has 1 spiro atoms. The molecule has 9 heteroatoms. The van der Waals surface area contributed by atoms with Crippen LogP contribution in [0.3, 0.4) is 0 Å². The van der Waals surface area contributed by atoms with Crippen LogP contribution in [0.1, 0.15) is 79.6 Å². The smallest absolute Gasteiger partial charge is 0.410 e. The molecule has 1 saturated carbocycles. The first-order chi connectivity index (χ1) is 15.4. The Balaban J connectivity index is 1.53. The highest BCUT2D eigenvalue weighted by molar-refractivity contribution is 6.07. The second kappa shape index (κ2) is 9.89. The maximum Gasteiger partial charge on any atom is 0.410 e. The van der Waals surface area contributed by atoms with Crippen molar-refractivity contribution in [3.63, 3.8) is 0 Å². The first-order valence-electron chi connectivity index (χ1n) is 12.3. The van der Waals surface area contributed by atoms with E-state index >= 15 is 0 Å². The third-order valence-electron chi connectivity index (χ3n) is 6.83. The minimum atomic E-state index is -0.738.